The van der Waals surface area contributed by atoms with Crippen LogP contribution in [0.2, 0.25) is 0 Å². The average Bonchev–Trinajstić information content (AvgIpc) is 3.00. The summed E-state index contributed by atoms with van der Waals surface area (Å²) in [6.07, 6.45) is 1.49. The largest absolute Gasteiger partial charge is 0.481 e. The van der Waals surface area contributed by atoms with Crippen LogP contribution in [0, 0.1) is 0 Å². The van der Waals surface area contributed by atoms with E-state index in [0.717, 1.165) is 16.5 Å². The van der Waals surface area contributed by atoms with E-state index in [0.29, 0.717) is 13.0 Å². The van der Waals surface area contributed by atoms with Crippen LogP contribution in [0.3, 0.4) is 0 Å². The van der Waals surface area contributed by atoms with Crippen molar-refractivity contribution in [3.63, 3.8) is 0 Å². The summed E-state index contributed by atoms with van der Waals surface area (Å²) in [4.78, 5) is 38.5. The van der Waals surface area contributed by atoms with E-state index in [-0.39, 0.29) is 12.8 Å². The molecule has 28 heavy (non-hydrogen) atoms. The fourth-order valence-electron chi connectivity index (χ4n) is 2.77. The fourth-order valence-corrected chi connectivity index (χ4v) is 2.77. The molecular formula is C20H27N3O5. The third-order valence-corrected chi connectivity index (χ3v) is 4.02. The average molecular weight is 389 g/mol. The van der Waals surface area contributed by atoms with Crippen molar-refractivity contribution in [2.24, 2.45) is 0 Å². The maximum Gasteiger partial charge on any atom is 0.408 e. The Morgan fingerprint density at radius 1 is 1.21 bits per heavy atom. The van der Waals surface area contributed by atoms with E-state index in [1.54, 1.807) is 20.8 Å². The van der Waals surface area contributed by atoms with E-state index in [2.05, 4.69) is 15.6 Å². The van der Waals surface area contributed by atoms with E-state index in [4.69, 9.17) is 9.84 Å². The van der Waals surface area contributed by atoms with Gasteiger partial charge < -0.3 is 25.5 Å². The van der Waals surface area contributed by atoms with E-state index < -0.39 is 29.6 Å². The highest BCUT2D eigenvalue weighted by Crippen LogP contribution is 2.17. The number of aromatic nitrogens is 1. The normalized spacial score (nSPS) is 12.4. The highest BCUT2D eigenvalue weighted by Gasteiger charge is 2.24. The molecule has 8 nitrogen and oxygen atoms in total. The van der Waals surface area contributed by atoms with Gasteiger partial charge in [0.2, 0.25) is 5.91 Å². The first-order valence-electron chi connectivity index (χ1n) is 9.20. The number of alkyl carbamates (subject to hydrolysis) is 1. The number of carbonyl (C=O) groups excluding carboxylic acids is 2. The number of ether oxygens (including phenoxy) is 1. The van der Waals surface area contributed by atoms with Gasteiger partial charge in [0.25, 0.3) is 0 Å². The van der Waals surface area contributed by atoms with Crippen LogP contribution in [-0.2, 0) is 20.7 Å². The molecule has 0 spiro atoms. The first-order valence-corrected chi connectivity index (χ1v) is 9.20. The van der Waals surface area contributed by atoms with Gasteiger partial charge in [-0.25, -0.2) is 4.79 Å². The molecule has 0 unspecified atom stereocenters. The fraction of sp³-hybridized carbons (Fsp3) is 0.450. The summed E-state index contributed by atoms with van der Waals surface area (Å²) in [6, 6.07) is 6.89. The Balaban J connectivity index is 1.93. The Morgan fingerprint density at radius 2 is 1.93 bits per heavy atom. The van der Waals surface area contributed by atoms with Crippen LogP contribution >= 0.6 is 0 Å². The van der Waals surface area contributed by atoms with Crippen LogP contribution < -0.4 is 10.6 Å². The van der Waals surface area contributed by atoms with Gasteiger partial charge in [-0.3, -0.25) is 9.59 Å². The third-order valence-electron chi connectivity index (χ3n) is 4.02. The van der Waals surface area contributed by atoms with Gasteiger partial charge in [0.05, 0.1) is 0 Å². The number of hydrogen-bond acceptors (Lipinski definition) is 4. The van der Waals surface area contributed by atoms with Crippen molar-refractivity contribution in [3.8, 4) is 0 Å². The Kier molecular flexibility index (Phi) is 7.03. The second-order valence-electron chi connectivity index (χ2n) is 7.53. The third kappa shape index (κ3) is 6.61. The summed E-state index contributed by atoms with van der Waals surface area (Å²) >= 11 is 0. The van der Waals surface area contributed by atoms with Crippen molar-refractivity contribution in [2.45, 2.75) is 51.7 Å². The SMILES string of the molecule is CC(C)(C)OC(=O)N[C@@H](CCC(=O)O)C(=O)NCCc1c[nH]c2ccccc12. The monoisotopic (exact) mass is 389 g/mol. The Labute approximate surface area is 163 Å². The van der Waals surface area contributed by atoms with Gasteiger partial charge in [0.1, 0.15) is 11.6 Å². The molecule has 2 amide bonds. The van der Waals surface area contributed by atoms with Gasteiger partial charge in [0.15, 0.2) is 0 Å². The number of hydrogen-bond donors (Lipinski definition) is 4. The molecule has 2 aromatic rings. The molecule has 1 atom stereocenters. The summed E-state index contributed by atoms with van der Waals surface area (Å²) in [6.45, 7) is 5.49. The van der Waals surface area contributed by atoms with Gasteiger partial charge in [-0.05, 0) is 45.2 Å². The molecule has 0 saturated carbocycles. The molecule has 2 rings (SSSR count). The molecule has 8 heteroatoms. The zero-order valence-corrected chi connectivity index (χ0v) is 16.4. The Morgan fingerprint density at radius 3 is 2.61 bits per heavy atom. The molecule has 1 heterocycles. The van der Waals surface area contributed by atoms with Crippen molar-refractivity contribution in [1.29, 1.82) is 0 Å². The molecule has 4 N–H and O–H groups in total. The van der Waals surface area contributed by atoms with E-state index >= 15 is 0 Å². The number of aromatic amines is 1. The first-order chi connectivity index (χ1) is 13.2. The molecule has 0 saturated heterocycles. The lowest BCUT2D eigenvalue weighted by Crippen LogP contribution is -2.48. The number of carbonyl (C=O) groups is 3. The summed E-state index contributed by atoms with van der Waals surface area (Å²) in [5.41, 5.74) is 1.38. The number of H-pyrrole nitrogens is 1. The molecule has 0 aliphatic rings. The molecule has 0 radical (unpaired) electrons. The van der Waals surface area contributed by atoms with Crippen molar-refractivity contribution in [1.82, 2.24) is 15.6 Å². The quantitative estimate of drug-likeness (QED) is 0.553. The standard InChI is InChI=1S/C20H27N3O5/c1-20(2,3)28-19(27)23-16(8-9-17(24)25)18(26)21-11-10-13-12-22-15-7-5-4-6-14(13)15/h4-7,12,16,22H,8-11H2,1-3H3,(H,21,26)(H,23,27)(H,24,25)/t16-/m0/s1. The minimum atomic E-state index is -1.04. The lowest BCUT2D eigenvalue weighted by Gasteiger charge is -2.23. The lowest BCUT2D eigenvalue weighted by molar-refractivity contribution is -0.137. The molecule has 1 aromatic heterocycles. The number of rotatable bonds is 8. The molecule has 0 aliphatic carbocycles. The molecule has 0 aliphatic heterocycles. The van der Waals surface area contributed by atoms with E-state index in [1.807, 2.05) is 30.5 Å². The minimum Gasteiger partial charge on any atom is -0.481 e. The van der Waals surface area contributed by atoms with Gasteiger partial charge in [0, 0.05) is 30.1 Å². The second kappa shape index (κ2) is 9.25. The van der Waals surface area contributed by atoms with E-state index in [9.17, 15) is 14.4 Å². The van der Waals surface area contributed by atoms with Gasteiger partial charge >= 0.3 is 12.1 Å². The Hall–Kier alpha value is -3.03. The van der Waals surface area contributed by atoms with Crippen LogP contribution in [0.5, 0.6) is 0 Å². The number of benzene rings is 1. The molecule has 0 fully saturated rings. The zero-order valence-electron chi connectivity index (χ0n) is 16.4. The number of nitrogens with one attached hydrogen (secondary N) is 3. The topological polar surface area (TPSA) is 121 Å². The maximum absolute atomic E-state index is 12.5. The molecule has 0 bridgehead atoms. The zero-order chi connectivity index (χ0) is 20.7. The number of carboxylic acid groups (broad SMARTS) is 1. The maximum atomic E-state index is 12.5. The Bertz CT molecular complexity index is 838. The molecule has 1 aromatic carbocycles. The van der Waals surface area contributed by atoms with Gasteiger partial charge in [-0.1, -0.05) is 18.2 Å². The number of amides is 2. The molecular weight excluding hydrogens is 362 g/mol. The highest BCUT2D eigenvalue weighted by atomic mass is 16.6. The van der Waals surface area contributed by atoms with Crippen LogP contribution in [0.25, 0.3) is 10.9 Å². The smallest absolute Gasteiger partial charge is 0.408 e. The van der Waals surface area contributed by atoms with Crippen molar-refractivity contribution in [2.75, 3.05) is 6.54 Å². The van der Waals surface area contributed by atoms with Crippen molar-refractivity contribution in [3.05, 3.63) is 36.0 Å². The summed E-state index contributed by atoms with van der Waals surface area (Å²) < 4.78 is 5.16. The van der Waals surface area contributed by atoms with Crippen LogP contribution in [0.1, 0.15) is 39.2 Å². The van der Waals surface area contributed by atoms with Crippen molar-refractivity contribution < 1.29 is 24.2 Å². The highest BCUT2D eigenvalue weighted by molar-refractivity contribution is 5.86. The number of para-hydroxylation sites is 1. The number of fused-ring (bicyclic) bond motifs is 1. The number of carboxylic acids is 1. The van der Waals surface area contributed by atoms with Gasteiger partial charge in [-0.15, -0.1) is 0 Å². The summed E-state index contributed by atoms with van der Waals surface area (Å²) in [7, 11) is 0. The lowest BCUT2D eigenvalue weighted by atomic mass is 10.1. The van der Waals surface area contributed by atoms with Crippen molar-refractivity contribution >= 4 is 28.9 Å². The van der Waals surface area contributed by atoms with Crippen LogP contribution in [-0.4, -0.2) is 46.2 Å². The van der Waals surface area contributed by atoms with E-state index in [1.165, 1.54) is 0 Å². The summed E-state index contributed by atoms with van der Waals surface area (Å²) in [5.74, 6) is -1.48. The van der Waals surface area contributed by atoms with Crippen LogP contribution in [0.4, 0.5) is 4.79 Å². The molecule has 152 valence electrons. The van der Waals surface area contributed by atoms with Gasteiger partial charge in [-0.2, -0.15) is 0 Å². The predicted molar refractivity (Wildman–Crippen MR) is 105 cm³/mol. The van der Waals surface area contributed by atoms with Crippen LogP contribution in [0.15, 0.2) is 30.5 Å². The second-order valence-corrected chi connectivity index (χ2v) is 7.53. The first kappa shape index (κ1) is 21.3. The predicted octanol–water partition coefficient (Wildman–Crippen LogP) is 2.58. The minimum absolute atomic E-state index is 0.0203. The number of aliphatic carboxylic acids is 1. The summed E-state index contributed by atoms with van der Waals surface area (Å²) in [5, 5.41) is 15.2.